The summed E-state index contributed by atoms with van der Waals surface area (Å²) in [5, 5.41) is 3.63. The van der Waals surface area contributed by atoms with E-state index in [4.69, 9.17) is 9.47 Å². The second kappa shape index (κ2) is 13.8. The summed E-state index contributed by atoms with van der Waals surface area (Å²) < 4.78 is 12.0. The average molecular weight is 648 g/mol. The number of fused-ring (bicyclic) bond motifs is 2. The van der Waals surface area contributed by atoms with Gasteiger partial charge in [-0.15, -0.1) is 0 Å². The van der Waals surface area contributed by atoms with Crippen molar-refractivity contribution >= 4 is 50.0 Å². The summed E-state index contributed by atoms with van der Waals surface area (Å²) in [6, 6.07) is 18.8. The molecule has 2 aliphatic heterocycles. The molecule has 1 aromatic heterocycles. The van der Waals surface area contributed by atoms with Gasteiger partial charge in [0.1, 0.15) is 0 Å². The van der Waals surface area contributed by atoms with E-state index in [1.54, 1.807) is 0 Å². The Kier molecular flexibility index (Phi) is 9.23. The van der Waals surface area contributed by atoms with Gasteiger partial charge in [0.2, 0.25) is 12.7 Å². The number of carbonyl (C=O) groups is 2. The van der Waals surface area contributed by atoms with Crippen LogP contribution in [0.25, 0.3) is 33.0 Å². The maximum absolute atomic E-state index is 13.8. The van der Waals surface area contributed by atoms with Crippen LogP contribution in [0.15, 0.2) is 66.7 Å². The van der Waals surface area contributed by atoms with E-state index < -0.39 is 0 Å². The monoisotopic (exact) mass is 647 g/mol. The number of benzene rings is 3. The van der Waals surface area contributed by atoms with Crippen LogP contribution in [0.5, 0.6) is 11.5 Å². The number of nitrogens with zero attached hydrogens (tertiary/aromatic N) is 2. The van der Waals surface area contributed by atoms with E-state index in [0.717, 1.165) is 101 Å². The molecule has 47 heavy (non-hydrogen) atoms. The van der Waals surface area contributed by atoms with E-state index >= 15 is 0 Å². The molecule has 1 N–H and O–H groups in total. The quantitative estimate of drug-likeness (QED) is 0.164. The van der Waals surface area contributed by atoms with Crippen LogP contribution in [0.1, 0.15) is 69.1 Å². The first-order valence-electron chi connectivity index (χ1n) is 16.8. The molecular weight excluding hydrogens is 607 g/mol. The molecule has 4 aromatic rings. The molecule has 0 spiro atoms. The zero-order valence-electron chi connectivity index (χ0n) is 27.1. The number of thiazole rings is 1. The topological polar surface area (TPSA) is 80.8 Å². The third kappa shape index (κ3) is 7.19. The number of ether oxygens (including phenoxy) is 2. The number of ketones is 1. The second-order valence-corrected chi connectivity index (χ2v) is 13.9. The van der Waals surface area contributed by atoms with Gasteiger partial charge in [-0.25, -0.2) is 4.98 Å². The van der Waals surface area contributed by atoms with Crippen molar-refractivity contribution in [3.8, 4) is 22.6 Å². The molecule has 0 atom stereocenters. The summed E-state index contributed by atoms with van der Waals surface area (Å²) in [6.07, 6.45) is 11.7. The largest absolute Gasteiger partial charge is 0.454 e. The highest BCUT2D eigenvalue weighted by molar-refractivity contribution is 7.22. The molecular formula is C39H41N3O4S. The van der Waals surface area contributed by atoms with Gasteiger partial charge in [-0.3, -0.25) is 14.5 Å². The van der Waals surface area contributed by atoms with Gasteiger partial charge in [0.25, 0.3) is 0 Å². The number of piperidine rings is 1. The standard InChI is InChI=1S/C39H41N3O4S/c1-3-5-27-8-11-29(30-12-13-33-37(22-30)47-39(40-33)41-38(44)28-9-10-28)21-32(27)31(4-2)34(43)14-6-25-16-18-42(19-17-25)23-26-7-15-35-36(20-26)46-24-45-35/h3-5,7-8,11-13,15,20-22,25,28H,6,9-10,14,16-19,23-24H2,1-2H3,(H,40,41,44)/b5-3+,31-4+. The van der Waals surface area contributed by atoms with E-state index in [0.29, 0.717) is 24.3 Å². The van der Waals surface area contributed by atoms with E-state index in [-0.39, 0.29) is 17.6 Å². The van der Waals surface area contributed by atoms with Crippen LogP contribution >= 0.6 is 11.3 Å². The molecule has 1 saturated heterocycles. The molecule has 3 aromatic carbocycles. The Bertz CT molecular complexity index is 1860. The molecule has 0 radical (unpaired) electrons. The minimum Gasteiger partial charge on any atom is -0.454 e. The lowest BCUT2D eigenvalue weighted by atomic mass is 9.87. The van der Waals surface area contributed by atoms with Crippen molar-refractivity contribution < 1.29 is 19.1 Å². The third-order valence-electron chi connectivity index (χ3n) is 9.51. The molecule has 1 saturated carbocycles. The predicted molar refractivity (Wildman–Crippen MR) is 190 cm³/mol. The Morgan fingerprint density at radius 1 is 0.957 bits per heavy atom. The van der Waals surface area contributed by atoms with Crippen LogP contribution in [0, 0.1) is 11.8 Å². The van der Waals surface area contributed by atoms with Crippen molar-refractivity contribution in [1.82, 2.24) is 9.88 Å². The third-order valence-corrected chi connectivity index (χ3v) is 10.4. The SMILES string of the molecule is C/C=C/c1ccc(-c2ccc3nc(NC(=O)C4CC4)sc3c2)cc1/C(=C\C)C(=O)CCC1CCN(Cc2ccc3c(c2)OCO3)CC1. The van der Waals surface area contributed by atoms with E-state index in [1.165, 1.54) is 16.9 Å². The number of allylic oxidation sites excluding steroid dienone is 3. The lowest BCUT2D eigenvalue weighted by Gasteiger charge is -2.32. The lowest BCUT2D eigenvalue weighted by Crippen LogP contribution is -2.33. The van der Waals surface area contributed by atoms with Crippen LogP contribution in [-0.4, -0.2) is 41.5 Å². The smallest absolute Gasteiger partial charge is 0.231 e. The summed E-state index contributed by atoms with van der Waals surface area (Å²) in [5.41, 5.74) is 7.02. The predicted octanol–water partition coefficient (Wildman–Crippen LogP) is 8.74. The summed E-state index contributed by atoms with van der Waals surface area (Å²) >= 11 is 1.50. The summed E-state index contributed by atoms with van der Waals surface area (Å²) in [4.78, 5) is 33.2. The van der Waals surface area contributed by atoms with E-state index in [2.05, 4.69) is 63.7 Å². The highest BCUT2D eigenvalue weighted by Gasteiger charge is 2.30. The maximum Gasteiger partial charge on any atom is 0.231 e. The Balaban J connectivity index is 0.999. The molecule has 0 unspecified atom stereocenters. The van der Waals surface area contributed by atoms with Crippen molar-refractivity contribution in [1.29, 1.82) is 0 Å². The van der Waals surface area contributed by atoms with Crippen LogP contribution in [0.4, 0.5) is 5.13 Å². The molecule has 1 amide bonds. The van der Waals surface area contributed by atoms with Gasteiger partial charge >= 0.3 is 0 Å². The van der Waals surface area contributed by atoms with Crippen LogP contribution in [0.3, 0.4) is 0 Å². The summed E-state index contributed by atoms with van der Waals surface area (Å²) in [5.74, 6) is 2.62. The van der Waals surface area contributed by atoms with Gasteiger partial charge < -0.3 is 14.8 Å². The molecule has 3 heterocycles. The van der Waals surface area contributed by atoms with Crippen molar-refractivity contribution in [2.45, 2.75) is 58.9 Å². The fourth-order valence-electron chi connectivity index (χ4n) is 6.67. The fourth-order valence-corrected chi connectivity index (χ4v) is 7.58. The first-order chi connectivity index (χ1) is 23.0. The molecule has 3 aliphatic rings. The number of carbonyl (C=O) groups excluding carboxylic acids is 2. The fraction of sp³-hybridized carbons (Fsp3) is 0.359. The number of hydrogen-bond donors (Lipinski definition) is 1. The van der Waals surface area contributed by atoms with Crippen LogP contribution in [-0.2, 0) is 16.1 Å². The number of likely N-dealkylation sites (tertiary alicyclic amines) is 1. The molecule has 0 bridgehead atoms. The first kappa shape index (κ1) is 31.3. The zero-order valence-corrected chi connectivity index (χ0v) is 27.9. The van der Waals surface area contributed by atoms with Crippen LogP contribution in [0.2, 0.25) is 0 Å². The molecule has 2 fully saturated rings. The van der Waals surface area contributed by atoms with Gasteiger partial charge in [0.05, 0.1) is 10.2 Å². The second-order valence-electron chi connectivity index (χ2n) is 12.8. The lowest BCUT2D eigenvalue weighted by molar-refractivity contribution is -0.117. The van der Waals surface area contributed by atoms with E-state index in [1.807, 2.05) is 38.1 Å². The molecule has 1 aliphatic carbocycles. The van der Waals surface area contributed by atoms with Crippen molar-refractivity contribution in [3.63, 3.8) is 0 Å². The van der Waals surface area contributed by atoms with Gasteiger partial charge in [-0.05, 0) is 123 Å². The normalized spacial score (nSPS) is 17.1. The van der Waals surface area contributed by atoms with Gasteiger partial charge in [-0.2, -0.15) is 0 Å². The Morgan fingerprint density at radius 2 is 1.74 bits per heavy atom. The van der Waals surface area contributed by atoms with Crippen molar-refractivity contribution in [3.05, 3.63) is 83.4 Å². The summed E-state index contributed by atoms with van der Waals surface area (Å²) in [7, 11) is 0. The number of rotatable bonds is 11. The Labute approximate surface area is 280 Å². The van der Waals surface area contributed by atoms with Gasteiger partial charge in [-0.1, -0.05) is 53.8 Å². The minimum absolute atomic E-state index is 0.0695. The minimum atomic E-state index is 0.0695. The summed E-state index contributed by atoms with van der Waals surface area (Å²) in [6.45, 7) is 7.25. The number of anilines is 1. The first-order valence-corrected chi connectivity index (χ1v) is 17.6. The highest BCUT2D eigenvalue weighted by Crippen LogP contribution is 2.36. The van der Waals surface area contributed by atoms with Gasteiger partial charge in [0.15, 0.2) is 22.4 Å². The molecule has 242 valence electrons. The zero-order chi connectivity index (χ0) is 32.3. The Hall–Kier alpha value is -4.27. The van der Waals surface area contributed by atoms with Crippen molar-refractivity contribution in [2.24, 2.45) is 11.8 Å². The number of aromatic nitrogens is 1. The number of amides is 1. The number of Topliss-reactive ketones (excluding diaryl/α,β-unsaturated/α-hetero) is 1. The Morgan fingerprint density at radius 3 is 2.53 bits per heavy atom. The average Bonchev–Trinajstić information content (AvgIpc) is 3.71. The van der Waals surface area contributed by atoms with Crippen molar-refractivity contribution in [2.75, 3.05) is 25.2 Å². The molecule has 8 heteroatoms. The number of nitrogens with one attached hydrogen (secondary N) is 1. The molecule has 7 nitrogen and oxygen atoms in total. The van der Waals surface area contributed by atoms with Gasteiger partial charge in [0, 0.05) is 24.5 Å². The van der Waals surface area contributed by atoms with E-state index in [9.17, 15) is 9.59 Å². The molecule has 7 rings (SSSR count). The number of hydrogen-bond acceptors (Lipinski definition) is 7. The highest BCUT2D eigenvalue weighted by atomic mass is 32.1. The maximum atomic E-state index is 13.8. The van der Waals surface area contributed by atoms with Crippen LogP contribution < -0.4 is 14.8 Å².